The second-order valence-corrected chi connectivity index (χ2v) is 7.70. The van der Waals surface area contributed by atoms with Crippen molar-refractivity contribution in [3.8, 4) is 22.9 Å². The smallest absolute Gasteiger partial charge is 0.321 e. The fraction of sp³-hybridized carbons (Fsp3) is 0.364. The monoisotopic (exact) mass is 451 g/mol. The Morgan fingerprint density at radius 1 is 1.06 bits per heavy atom. The van der Waals surface area contributed by atoms with Gasteiger partial charge in [-0.05, 0) is 53.7 Å². The van der Waals surface area contributed by atoms with Crippen molar-refractivity contribution in [3.63, 3.8) is 0 Å². The minimum atomic E-state index is -0.132. The molecule has 0 bridgehead atoms. The number of hydrogen-bond acceptors (Lipinski definition) is 8. The number of urea groups is 1. The number of anilines is 1. The Morgan fingerprint density at radius 3 is 2.64 bits per heavy atom. The maximum absolute atomic E-state index is 12.7. The summed E-state index contributed by atoms with van der Waals surface area (Å²) in [5.74, 6) is 2.89. The molecule has 0 unspecified atom stereocenters. The lowest BCUT2D eigenvalue weighted by molar-refractivity contribution is 0.140. The van der Waals surface area contributed by atoms with Gasteiger partial charge in [0.1, 0.15) is 5.75 Å². The predicted molar refractivity (Wildman–Crippen MR) is 119 cm³/mol. The molecular weight excluding hydrogens is 426 g/mol. The zero-order chi connectivity index (χ0) is 22.6. The van der Waals surface area contributed by atoms with Crippen molar-refractivity contribution >= 4 is 11.7 Å². The van der Waals surface area contributed by atoms with Crippen molar-refractivity contribution in [2.24, 2.45) is 0 Å². The summed E-state index contributed by atoms with van der Waals surface area (Å²) in [4.78, 5) is 16.7. The summed E-state index contributed by atoms with van der Waals surface area (Å²) in [5, 5.41) is 15.1. The summed E-state index contributed by atoms with van der Waals surface area (Å²) in [6, 6.07) is 12.9. The van der Waals surface area contributed by atoms with E-state index in [-0.39, 0.29) is 12.8 Å². The van der Waals surface area contributed by atoms with Gasteiger partial charge in [0.05, 0.1) is 18.8 Å². The minimum absolute atomic E-state index is 0.132. The summed E-state index contributed by atoms with van der Waals surface area (Å²) < 4.78 is 17.9. The Morgan fingerprint density at radius 2 is 1.85 bits per heavy atom. The molecule has 3 aromatic rings. The predicted octanol–water partition coefficient (Wildman–Crippen LogP) is 2.14. The summed E-state index contributed by atoms with van der Waals surface area (Å²) >= 11 is 0. The topological polar surface area (TPSA) is 107 Å². The molecule has 33 heavy (non-hydrogen) atoms. The van der Waals surface area contributed by atoms with Gasteiger partial charge in [-0.25, -0.2) is 4.79 Å². The van der Waals surface area contributed by atoms with Crippen LogP contribution in [0.2, 0.25) is 0 Å². The molecule has 0 saturated carbocycles. The molecule has 0 spiro atoms. The first-order valence-corrected chi connectivity index (χ1v) is 10.9. The van der Waals surface area contributed by atoms with E-state index in [9.17, 15) is 4.79 Å². The lowest BCUT2D eigenvalue weighted by Gasteiger charge is -2.34. The third kappa shape index (κ3) is 4.67. The number of fused-ring (bicyclic) bond motifs is 1. The number of ether oxygens (including phenoxy) is 3. The molecular formula is C22H25N7O4. The highest BCUT2D eigenvalue weighted by Crippen LogP contribution is 2.34. The van der Waals surface area contributed by atoms with E-state index in [0.717, 1.165) is 30.4 Å². The van der Waals surface area contributed by atoms with Crippen molar-refractivity contribution < 1.29 is 19.0 Å². The third-order valence-electron chi connectivity index (χ3n) is 5.57. The van der Waals surface area contributed by atoms with Crippen molar-refractivity contribution in [2.75, 3.05) is 44.9 Å². The van der Waals surface area contributed by atoms with Crippen LogP contribution in [0.5, 0.6) is 17.2 Å². The van der Waals surface area contributed by atoms with Crippen LogP contribution in [0, 0.1) is 0 Å². The van der Waals surface area contributed by atoms with Crippen LogP contribution >= 0.6 is 0 Å². The van der Waals surface area contributed by atoms with E-state index in [2.05, 4.69) is 25.7 Å². The molecule has 5 rings (SSSR count). The number of amides is 2. The average Bonchev–Trinajstić information content (AvgIpc) is 3.49. The number of aromatic nitrogens is 4. The number of carbonyl (C=O) groups excluding carboxylic acids is 1. The largest absolute Gasteiger partial charge is 0.494 e. The molecule has 11 nitrogen and oxygen atoms in total. The van der Waals surface area contributed by atoms with E-state index in [1.807, 2.05) is 37.3 Å². The number of rotatable bonds is 6. The molecule has 172 valence electrons. The molecule has 3 heterocycles. The van der Waals surface area contributed by atoms with Gasteiger partial charge in [0, 0.05) is 37.9 Å². The highest BCUT2D eigenvalue weighted by atomic mass is 16.7. The van der Waals surface area contributed by atoms with E-state index >= 15 is 0 Å². The Kier molecular flexibility index (Phi) is 5.94. The number of carbonyl (C=O) groups is 1. The summed E-state index contributed by atoms with van der Waals surface area (Å²) in [6.45, 7) is 6.05. The molecule has 11 heteroatoms. The lowest BCUT2D eigenvalue weighted by Crippen LogP contribution is -2.49. The van der Waals surface area contributed by atoms with E-state index < -0.39 is 0 Å². The molecule has 0 radical (unpaired) electrons. The van der Waals surface area contributed by atoms with Crippen LogP contribution in [0.3, 0.4) is 0 Å². The number of tetrazole rings is 1. The zero-order valence-electron chi connectivity index (χ0n) is 18.3. The maximum atomic E-state index is 12.7. The van der Waals surface area contributed by atoms with Gasteiger partial charge < -0.3 is 24.4 Å². The Hall–Kier alpha value is -3.86. The summed E-state index contributed by atoms with van der Waals surface area (Å²) in [5.41, 5.74) is 1.56. The van der Waals surface area contributed by atoms with Gasteiger partial charge in [0.2, 0.25) is 6.79 Å². The first-order valence-electron chi connectivity index (χ1n) is 10.9. The first kappa shape index (κ1) is 21.0. The fourth-order valence-electron chi connectivity index (χ4n) is 3.84. The number of benzene rings is 2. The van der Waals surface area contributed by atoms with Crippen molar-refractivity contribution in [3.05, 3.63) is 48.3 Å². The molecule has 1 N–H and O–H groups in total. The van der Waals surface area contributed by atoms with Crippen LogP contribution in [-0.2, 0) is 6.54 Å². The van der Waals surface area contributed by atoms with Crippen LogP contribution in [0.4, 0.5) is 10.5 Å². The van der Waals surface area contributed by atoms with E-state index in [4.69, 9.17) is 14.2 Å². The molecule has 2 aliphatic rings. The van der Waals surface area contributed by atoms with Crippen LogP contribution in [0.15, 0.2) is 42.5 Å². The zero-order valence-corrected chi connectivity index (χ0v) is 18.3. The molecule has 2 aromatic carbocycles. The Bertz CT molecular complexity index is 1110. The molecule has 2 aliphatic heterocycles. The highest BCUT2D eigenvalue weighted by molar-refractivity contribution is 5.89. The third-order valence-corrected chi connectivity index (χ3v) is 5.57. The molecule has 1 fully saturated rings. The average molecular weight is 451 g/mol. The Balaban J connectivity index is 1.15. The van der Waals surface area contributed by atoms with Gasteiger partial charge in [-0.15, -0.1) is 5.10 Å². The highest BCUT2D eigenvalue weighted by Gasteiger charge is 2.23. The standard InChI is InChI=1S/C22H25N7O4/c1-2-31-18-6-4-17(5-7-18)29-21(24-25-26-29)14-27-9-11-28(12-10-27)22(30)23-16-3-8-19-20(13-16)33-15-32-19/h3-8,13H,2,9-12,14-15H2,1H3,(H,23,30). The van der Waals surface area contributed by atoms with Gasteiger partial charge in [-0.1, -0.05) is 0 Å². The van der Waals surface area contributed by atoms with Crippen LogP contribution in [0.1, 0.15) is 12.7 Å². The number of hydrogen-bond donors (Lipinski definition) is 1. The quantitative estimate of drug-likeness (QED) is 0.608. The SMILES string of the molecule is CCOc1ccc(-n2nnnc2CN2CCN(C(=O)Nc3ccc4c(c3)OCO4)CC2)cc1. The fourth-order valence-corrected chi connectivity index (χ4v) is 3.84. The maximum Gasteiger partial charge on any atom is 0.321 e. The van der Waals surface area contributed by atoms with Crippen molar-refractivity contribution in [2.45, 2.75) is 13.5 Å². The van der Waals surface area contributed by atoms with Crippen molar-refractivity contribution in [1.29, 1.82) is 0 Å². The molecule has 1 aromatic heterocycles. The van der Waals surface area contributed by atoms with E-state index in [1.165, 1.54) is 0 Å². The van der Waals surface area contributed by atoms with Gasteiger partial charge in [-0.2, -0.15) is 4.68 Å². The second-order valence-electron chi connectivity index (χ2n) is 7.70. The second kappa shape index (κ2) is 9.33. The molecule has 0 atom stereocenters. The van der Waals surface area contributed by atoms with Gasteiger partial charge >= 0.3 is 6.03 Å². The number of nitrogens with zero attached hydrogens (tertiary/aromatic N) is 6. The van der Waals surface area contributed by atoms with Crippen LogP contribution in [-0.4, -0.2) is 75.6 Å². The molecule has 1 saturated heterocycles. The summed E-state index contributed by atoms with van der Waals surface area (Å²) in [7, 11) is 0. The van der Waals surface area contributed by atoms with Crippen LogP contribution in [0.25, 0.3) is 5.69 Å². The lowest BCUT2D eigenvalue weighted by atomic mass is 10.2. The van der Waals surface area contributed by atoms with Gasteiger partial charge in [-0.3, -0.25) is 4.90 Å². The molecule has 2 amide bonds. The summed E-state index contributed by atoms with van der Waals surface area (Å²) in [6.07, 6.45) is 0. The Labute approximate surface area is 190 Å². The van der Waals surface area contributed by atoms with Gasteiger partial charge in [0.25, 0.3) is 0 Å². The first-order chi connectivity index (χ1) is 16.2. The number of piperazine rings is 1. The van der Waals surface area contributed by atoms with Crippen LogP contribution < -0.4 is 19.5 Å². The van der Waals surface area contributed by atoms with E-state index in [1.54, 1.807) is 21.7 Å². The normalized spacial score (nSPS) is 15.5. The van der Waals surface area contributed by atoms with Crippen molar-refractivity contribution in [1.82, 2.24) is 30.0 Å². The minimum Gasteiger partial charge on any atom is -0.494 e. The van der Waals surface area contributed by atoms with E-state index in [0.29, 0.717) is 43.4 Å². The molecule has 0 aliphatic carbocycles. The number of nitrogens with one attached hydrogen (secondary N) is 1. The van der Waals surface area contributed by atoms with Gasteiger partial charge in [0.15, 0.2) is 17.3 Å².